The van der Waals surface area contributed by atoms with E-state index in [9.17, 15) is 4.79 Å². The molecule has 0 aliphatic heterocycles. The van der Waals surface area contributed by atoms with Gasteiger partial charge in [-0.25, -0.2) is 9.97 Å². The van der Waals surface area contributed by atoms with Crippen LogP contribution in [0.25, 0.3) is 11.0 Å². The molecule has 0 fully saturated rings. The maximum atomic E-state index is 12.7. The molecule has 1 amide bonds. The lowest BCUT2D eigenvalue weighted by Gasteiger charge is -2.25. The SMILES string of the molecule is Cc1nc2ccc(C(=O)NCC(c3ccc(Cl)cc3)N(C)C)cc2nc1C. The molecule has 140 valence electrons. The third-order valence-electron chi connectivity index (χ3n) is 4.67. The minimum atomic E-state index is -0.127. The summed E-state index contributed by atoms with van der Waals surface area (Å²) in [5.41, 5.74) is 4.97. The molecule has 0 saturated heterocycles. The van der Waals surface area contributed by atoms with Crippen molar-refractivity contribution in [2.24, 2.45) is 0 Å². The molecule has 6 heteroatoms. The van der Waals surface area contributed by atoms with Gasteiger partial charge < -0.3 is 10.2 Å². The number of aromatic nitrogens is 2. The highest BCUT2D eigenvalue weighted by Crippen LogP contribution is 2.20. The summed E-state index contributed by atoms with van der Waals surface area (Å²) in [6.07, 6.45) is 0. The van der Waals surface area contributed by atoms with Crippen molar-refractivity contribution < 1.29 is 4.79 Å². The van der Waals surface area contributed by atoms with Gasteiger partial charge in [-0.2, -0.15) is 0 Å². The van der Waals surface area contributed by atoms with Crippen LogP contribution in [0, 0.1) is 13.8 Å². The van der Waals surface area contributed by atoms with Gasteiger partial charge in [0.2, 0.25) is 0 Å². The molecule has 2 aromatic carbocycles. The highest BCUT2D eigenvalue weighted by atomic mass is 35.5. The number of nitrogens with one attached hydrogen (secondary N) is 1. The molecule has 5 nitrogen and oxygen atoms in total. The van der Waals surface area contributed by atoms with Gasteiger partial charge in [0.05, 0.1) is 28.5 Å². The zero-order valence-electron chi connectivity index (χ0n) is 16.0. The number of hydrogen-bond acceptors (Lipinski definition) is 4. The monoisotopic (exact) mass is 382 g/mol. The van der Waals surface area contributed by atoms with E-state index in [-0.39, 0.29) is 11.9 Å². The highest BCUT2D eigenvalue weighted by molar-refractivity contribution is 6.30. The predicted octanol–water partition coefficient (Wildman–Crippen LogP) is 3.93. The first kappa shape index (κ1) is 19.3. The van der Waals surface area contributed by atoms with Gasteiger partial charge in [-0.15, -0.1) is 0 Å². The van der Waals surface area contributed by atoms with Gasteiger partial charge in [0.25, 0.3) is 5.91 Å². The summed E-state index contributed by atoms with van der Waals surface area (Å²) in [4.78, 5) is 23.8. The van der Waals surface area contributed by atoms with Crippen molar-refractivity contribution in [3.63, 3.8) is 0 Å². The summed E-state index contributed by atoms with van der Waals surface area (Å²) in [5, 5.41) is 3.72. The van der Waals surface area contributed by atoms with Crippen molar-refractivity contribution in [3.8, 4) is 0 Å². The normalized spacial score (nSPS) is 12.4. The summed E-state index contributed by atoms with van der Waals surface area (Å²) in [6, 6.07) is 13.2. The van der Waals surface area contributed by atoms with Crippen LogP contribution in [0.15, 0.2) is 42.5 Å². The lowest BCUT2D eigenvalue weighted by atomic mass is 10.1. The van der Waals surface area contributed by atoms with Crippen LogP contribution in [0.3, 0.4) is 0 Å². The number of benzene rings is 2. The van der Waals surface area contributed by atoms with E-state index < -0.39 is 0 Å². The van der Waals surface area contributed by atoms with Crippen molar-refractivity contribution in [1.29, 1.82) is 0 Å². The lowest BCUT2D eigenvalue weighted by molar-refractivity contribution is 0.0942. The number of rotatable bonds is 5. The fourth-order valence-electron chi connectivity index (χ4n) is 2.95. The molecule has 1 unspecified atom stereocenters. The third kappa shape index (κ3) is 4.43. The molecule has 3 aromatic rings. The van der Waals surface area contributed by atoms with Gasteiger partial charge >= 0.3 is 0 Å². The van der Waals surface area contributed by atoms with Gasteiger partial charge in [0.1, 0.15) is 0 Å². The van der Waals surface area contributed by atoms with Crippen LogP contribution >= 0.6 is 11.6 Å². The van der Waals surface area contributed by atoms with Crippen LogP contribution in [-0.4, -0.2) is 41.4 Å². The number of likely N-dealkylation sites (N-methyl/N-ethyl adjacent to an activating group) is 1. The number of amides is 1. The number of hydrogen-bond donors (Lipinski definition) is 1. The molecule has 1 heterocycles. The number of carbonyl (C=O) groups excluding carboxylic acids is 1. The Morgan fingerprint density at radius 1 is 1.04 bits per heavy atom. The van der Waals surface area contributed by atoms with Gasteiger partial charge in [-0.05, 0) is 63.8 Å². The minimum absolute atomic E-state index is 0.0522. The van der Waals surface area contributed by atoms with Crippen LogP contribution in [0.1, 0.15) is 33.4 Å². The molecule has 0 aliphatic rings. The quantitative estimate of drug-likeness (QED) is 0.726. The molecule has 0 bridgehead atoms. The molecule has 0 spiro atoms. The zero-order valence-corrected chi connectivity index (χ0v) is 16.7. The number of aryl methyl sites for hydroxylation is 2. The fraction of sp³-hybridized carbons (Fsp3) is 0.286. The smallest absolute Gasteiger partial charge is 0.251 e. The van der Waals surface area contributed by atoms with E-state index in [0.717, 1.165) is 28.0 Å². The van der Waals surface area contributed by atoms with E-state index in [2.05, 4.69) is 20.2 Å². The van der Waals surface area contributed by atoms with Crippen molar-refractivity contribution in [3.05, 3.63) is 70.0 Å². The van der Waals surface area contributed by atoms with E-state index in [4.69, 9.17) is 11.6 Å². The third-order valence-corrected chi connectivity index (χ3v) is 4.92. The Kier molecular flexibility index (Phi) is 5.73. The first-order chi connectivity index (χ1) is 12.8. The first-order valence-corrected chi connectivity index (χ1v) is 9.18. The average molecular weight is 383 g/mol. The second-order valence-corrected chi connectivity index (χ2v) is 7.28. The van der Waals surface area contributed by atoms with E-state index >= 15 is 0 Å². The molecule has 0 saturated carbocycles. The fourth-order valence-corrected chi connectivity index (χ4v) is 3.07. The summed E-state index contributed by atoms with van der Waals surface area (Å²) >= 11 is 5.98. The Morgan fingerprint density at radius 2 is 1.67 bits per heavy atom. The van der Waals surface area contributed by atoms with E-state index in [1.807, 2.05) is 58.3 Å². The number of nitrogens with zero attached hydrogens (tertiary/aromatic N) is 3. The molecule has 3 rings (SSSR count). The van der Waals surface area contributed by atoms with Crippen molar-refractivity contribution in [2.45, 2.75) is 19.9 Å². The van der Waals surface area contributed by atoms with Crippen molar-refractivity contribution in [2.75, 3.05) is 20.6 Å². The average Bonchev–Trinajstić information content (AvgIpc) is 2.63. The molecule has 0 radical (unpaired) electrons. The van der Waals surface area contributed by atoms with Crippen LogP contribution < -0.4 is 5.32 Å². The molecular formula is C21H23ClN4O. The lowest BCUT2D eigenvalue weighted by Crippen LogP contribution is -2.34. The number of fused-ring (bicyclic) bond motifs is 1. The van der Waals surface area contributed by atoms with Crippen LogP contribution in [0.5, 0.6) is 0 Å². The Morgan fingerprint density at radius 3 is 2.30 bits per heavy atom. The number of carbonyl (C=O) groups is 1. The van der Waals surface area contributed by atoms with Gasteiger partial charge in [-0.3, -0.25) is 4.79 Å². The Labute approximate surface area is 164 Å². The molecule has 0 aliphatic carbocycles. The maximum Gasteiger partial charge on any atom is 0.251 e. The predicted molar refractivity (Wildman–Crippen MR) is 109 cm³/mol. The summed E-state index contributed by atoms with van der Waals surface area (Å²) < 4.78 is 0. The number of halogens is 1. The topological polar surface area (TPSA) is 58.1 Å². The second kappa shape index (κ2) is 8.03. The highest BCUT2D eigenvalue weighted by Gasteiger charge is 2.16. The molecule has 1 aromatic heterocycles. The van der Waals surface area contributed by atoms with Crippen molar-refractivity contribution in [1.82, 2.24) is 20.2 Å². The molecule has 27 heavy (non-hydrogen) atoms. The van der Waals surface area contributed by atoms with Gasteiger partial charge in [0.15, 0.2) is 0 Å². The largest absolute Gasteiger partial charge is 0.350 e. The summed E-state index contributed by atoms with van der Waals surface area (Å²) in [7, 11) is 3.98. The summed E-state index contributed by atoms with van der Waals surface area (Å²) in [6.45, 7) is 4.34. The minimum Gasteiger partial charge on any atom is -0.350 e. The van der Waals surface area contributed by atoms with Crippen molar-refractivity contribution >= 4 is 28.5 Å². The second-order valence-electron chi connectivity index (χ2n) is 6.84. The van der Waals surface area contributed by atoms with Crippen LogP contribution in [0.2, 0.25) is 5.02 Å². The summed E-state index contributed by atoms with van der Waals surface area (Å²) in [5.74, 6) is -0.127. The van der Waals surface area contributed by atoms with Gasteiger partial charge in [0, 0.05) is 17.1 Å². The van der Waals surface area contributed by atoms with E-state index in [1.54, 1.807) is 12.1 Å². The van der Waals surface area contributed by atoms with Crippen LogP contribution in [0.4, 0.5) is 0 Å². The maximum absolute atomic E-state index is 12.7. The Hall–Kier alpha value is -2.50. The van der Waals surface area contributed by atoms with E-state index in [1.165, 1.54) is 0 Å². The van der Waals surface area contributed by atoms with E-state index in [0.29, 0.717) is 17.1 Å². The van der Waals surface area contributed by atoms with Crippen LogP contribution in [-0.2, 0) is 0 Å². The first-order valence-electron chi connectivity index (χ1n) is 8.80. The Bertz CT molecular complexity index is 970. The molecular weight excluding hydrogens is 360 g/mol. The van der Waals surface area contributed by atoms with Gasteiger partial charge in [-0.1, -0.05) is 23.7 Å². The molecule has 1 N–H and O–H groups in total. The zero-order chi connectivity index (χ0) is 19.6. The standard InChI is InChI=1S/C21H23ClN4O/c1-13-14(2)25-19-11-16(7-10-18(19)24-13)21(27)23-12-20(26(3)4)15-5-8-17(22)9-6-15/h5-11,20H,12H2,1-4H3,(H,23,27). The Balaban J connectivity index is 1.76. The molecule has 1 atom stereocenters.